The van der Waals surface area contributed by atoms with Crippen molar-refractivity contribution in [1.29, 1.82) is 0 Å². The van der Waals surface area contributed by atoms with Crippen molar-refractivity contribution < 1.29 is 9.53 Å². The summed E-state index contributed by atoms with van der Waals surface area (Å²) in [4.78, 5) is 13.9. The lowest BCUT2D eigenvalue weighted by Gasteiger charge is -2.22. The van der Waals surface area contributed by atoms with E-state index >= 15 is 0 Å². The summed E-state index contributed by atoms with van der Waals surface area (Å²) in [6.07, 6.45) is 2.76. The van der Waals surface area contributed by atoms with E-state index in [1.807, 2.05) is 7.05 Å². The Hall–Kier alpha value is -0.740. The molecule has 0 saturated heterocycles. The number of amides is 1. The monoisotopic (exact) mass is 361 g/mol. The second-order valence-electron chi connectivity index (χ2n) is 4.73. The molecule has 20 heavy (non-hydrogen) atoms. The van der Waals surface area contributed by atoms with Crippen LogP contribution < -0.4 is 4.74 Å². The molecule has 3 nitrogen and oxygen atoms in total. The van der Waals surface area contributed by atoms with Gasteiger partial charge in [0.1, 0.15) is 5.75 Å². The number of halogens is 2. The molecule has 0 aromatic heterocycles. The Morgan fingerprint density at radius 2 is 2.15 bits per heavy atom. The number of alkyl halides is 1. The quantitative estimate of drug-likeness (QED) is 0.514. The van der Waals surface area contributed by atoms with Crippen molar-refractivity contribution in [3.63, 3.8) is 0 Å². The fraction of sp³-hybridized carbons (Fsp3) is 0.533. The van der Waals surface area contributed by atoms with Gasteiger partial charge in [-0.2, -0.15) is 0 Å². The van der Waals surface area contributed by atoms with Crippen LogP contribution >= 0.6 is 27.5 Å². The molecular formula is C15H21BrClNO2. The van der Waals surface area contributed by atoms with Crippen LogP contribution in [0, 0.1) is 0 Å². The van der Waals surface area contributed by atoms with E-state index in [-0.39, 0.29) is 5.91 Å². The minimum Gasteiger partial charge on any atom is -0.481 e. The average Bonchev–Trinajstić information content (AvgIpc) is 2.42. The first kappa shape index (κ1) is 17.3. The molecule has 1 unspecified atom stereocenters. The predicted octanol–water partition coefficient (Wildman–Crippen LogP) is 4.13. The highest BCUT2D eigenvalue weighted by molar-refractivity contribution is 9.09. The van der Waals surface area contributed by atoms with Crippen LogP contribution in [0.1, 0.15) is 26.2 Å². The third-order valence-electron chi connectivity index (χ3n) is 2.96. The summed E-state index contributed by atoms with van der Waals surface area (Å²) in [6, 6.07) is 7.09. The van der Waals surface area contributed by atoms with Gasteiger partial charge in [-0.05, 0) is 38.0 Å². The second kappa shape index (κ2) is 9.24. The highest BCUT2D eigenvalue weighted by Crippen LogP contribution is 2.18. The number of benzene rings is 1. The Morgan fingerprint density at radius 3 is 2.80 bits per heavy atom. The van der Waals surface area contributed by atoms with E-state index in [9.17, 15) is 4.79 Å². The van der Waals surface area contributed by atoms with Gasteiger partial charge in [-0.15, -0.1) is 0 Å². The van der Waals surface area contributed by atoms with Gasteiger partial charge >= 0.3 is 0 Å². The van der Waals surface area contributed by atoms with Crippen LogP contribution in [0.15, 0.2) is 24.3 Å². The smallest absolute Gasteiger partial charge is 0.263 e. The van der Waals surface area contributed by atoms with Crippen molar-refractivity contribution >= 4 is 33.4 Å². The SMILES string of the molecule is CC(Oc1cccc(Cl)c1)C(=O)N(C)CCCCCBr. The molecule has 0 radical (unpaired) electrons. The van der Waals surface area contributed by atoms with Gasteiger partial charge in [0.25, 0.3) is 5.91 Å². The molecule has 5 heteroatoms. The first-order valence-corrected chi connectivity index (χ1v) is 8.27. The summed E-state index contributed by atoms with van der Waals surface area (Å²) in [7, 11) is 1.81. The fourth-order valence-electron chi connectivity index (χ4n) is 1.84. The highest BCUT2D eigenvalue weighted by atomic mass is 79.9. The zero-order chi connectivity index (χ0) is 15.0. The lowest BCUT2D eigenvalue weighted by molar-refractivity contribution is -0.136. The van der Waals surface area contributed by atoms with Gasteiger partial charge in [0.2, 0.25) is 0 Å². The zero-order valence-corrected chi connectivity index (χ0v) is 14.3. The van der Waals surface area contributed by atoms with E-state index in [1.165, 1.54) is 0 Å². The Kier molecular flexibility index (Phi) is 8.00. The van der Waals surface area contributed by atoms with Crippen LogP contribution in [0.25, 0.3) is 0 Å². The van der Waals surface area contributed by atoms with Crippen molar-refractivity contribution in [2.24, 2.45) is 0 Å². The number of carbonyl (C=O) groups excluding carboxylic acids is 1. The zero-order valence-electron chi connectivity index (χ0n) is 11.9. The summed E-state index contributed by atoms with van der Waals surface area (Å²) in [5.41, 5.74) is 0. The van der Waals surface area contributed by atoms with E-state index in [2.05, 4.69) is 15.9 Å². The summed E-state index contributed by atoms with van der Waals surface area (Å²) in [5.74, 6) is 0.606. The first-order chi connectivity index (χ1) is 9.54. The Bertz CT molecular complexity index is 428. The molecule has 0 spiro atoms. The van der Waals surface area contributed by atoms with Crippen LogP contribution in [0.4, 0.5) is 0 Å². The number of ether oxygens (including phenoxy) is 1. The van der Waals surface area contributed by atoms with Crippen LogP contribution in [0.5, 0.6) is 5.75 Å². The lowest BCUT2D eigenvalue weighted by atomic mass is 10.2. The van der Waals surface area contributed by atoms with Gasteiger partial charge in [0.15, 0.2) is 6.10 Å². The largest absolute Gasteiger partial charge is 0.481 e. The van der Waals surface area contributed by atoms with Crippen LogP contribution in [0.2, 0.25) is 5.02 Å². The number of hydrogen-bond donors (Lipinski definition) is 0. The summed E-state index contributed by atoms with van der Waals surface area (Å²) >= 11 is 9.29. The number of likely N-dealkylation sites (N-methyl/N-ethyl adjacent to an activating group) is 1. The molecule has 0 saturated carbocycles. The molecule has 1 aromatic rings. The van der Waals surface area contributed by atoms with Gasteiger partial charge in [-0.25, -0.2) is 0 Å². The van der Waals surface area contributed by atoms with Gasteiger partial charge in [0, 0.05) is 23.9 Å². The van der Waals surface area contributed by atoms with Crippen molar-refractivity contribution in [3.8, 4) is 5.75 Å². The topological polar surface area (TPSA) is 29.5 Å². The minimum absolute atomic E-state index is 0.0104. The molecule has 0 aliphatic rings. The van der Waals surface area contributed by atoms with Crippen molar-refractivity contribution in [1.82, 2.24) is 4.90 Å². The number of unbranched alkanes of at least 4 members (excludes halogenated alkanes) is 2. The van der Waals surface area contributed by atoms with Crippen LogP contribution in [-0.2, 0) is 4.79 Å². The van der Waals surface area contributed by atoms with Crippen molar-refractivity contribution in [2.45, 2.75) is 32.3 Å². The third kappa shape index (κ3) is 6.14. The first-order valence-electron chi connectivity index (χ1n) is 6.77. The van der Waals surface area contributed by atoms with Crippen molar-refractivity contribution in [3.05, 3.63) is 29.3 Å². The maximum Gasteiger partial charge on any atom is 0.263 e. The maximum atomic E-state index is 12.2. The van der Waals surface area contributed by atoms with E-state index in [0.717, 1.165) is 31.1 Å². The highest BCUT2D eigenvalue weighted by Gasteiger charge is 2.18. The third-order valence-corrected chi connectivity index (χ3v) is 3.76. The van der Waals surface area contributed by atoms with E-state index in [4.69, 9.17) is 16.3 Å². The molecular weight excluding hydrogens is 342 g/mol. The molecule has 1 rings (SSSR count). The molecule has 0 bridgehead atoms. The normalized spacial score (nSPS) is 12.0. The Balaban J connectivity index is 2.41. The number of rotatable bonds is 8. The summed E-state index contributed by atoms with van der Waals surface area (Å²) < 4.78 is 5.62. The molecule has 0 aliphatic carbocycles. The van der Waals surface area contributed by atoms with Crippen molar-refractivity contribution in [2.75, 3.05) is 18.9 Å². The number of hydrogen-bond acceptors (Lipinski definition) is 2. The molecule has 1 atom stereocenters. The van der Waals surface area contributed by atoms with E-state index in [1.54, 1.807) is 36.1 Å². The van der Waals surface area contributed by atoms with Crippen LogP contribution in [-0.4, -0.2) is 35.8 Å². The second-order valence-corrected chi connectivity index (χ2v) is 5.96. The van der Waals surface area contributed by atoms with E-state index < -0.39 is 6.10 Å². The Labute approximate surface area is 134 Å². The predicted molar refractivity (Wildman–Crippen MR) is 86.8 cm³/mol. The Morgan fingerprint density at radius 1 is 1.40 bits per heavy atom. The van der Waals surface area contributed by atoms with Gasteiger partial charge in [-0.1, -0.05) is 40.0 Å². The lowest BCUT2D eigenvalue weighted by Crippen LogP contribution is -2.38. The number of nitrogens with zero attached hydrogens (tertiary/aromatic N) is 1. The molecule has 0 aliphatic heterocycles. The summed E-state index contributed by atoms with van der Waals surface area (Å²) in [6.45, 7) is 2.52. The van der Waals surface area contributed by atoms with Gasteiger partial charge < -0.3 is 9.64 Å². The molecule has 0 N–H and O–H groups in total. The van der Waals surface area contributed by atoms with Crippen LogP contribution in [0.3, 0.4) is 0 Å². The fourth-order valence-corrected chi connectivity index (χ4v) is 2.41. The van der Waals surface area contributed by atoms with Gasteiger partial charge in [0.05, 0.1) is 0 Å². The molecule has 0 heterocycles. The van der Waals surface area contributed by atoms with Gasteiger partial charge in [-0.3, -0.25) is 4.79 Å². The standard InChI is InChI=1S/C15H21BrClNO2/c1-12(20-14-8-6-7-13(17)11-14)15(19)18(2)10-5-3-4-9-16/h6-8,11-12H,3-5,9-10H2,1-2H3. The van der Waals surface area contributed by atoms with E-state index in [0.29, 0.717) is 10.8 Å². The summed E-state index contributed by atoms with van der Waals surface area (Å²) in [5, 5.41) is 1.61. The molecule has 1 amide bonds. The number of carbonyl (C=O) groups is 1. The molecule has 0 fully saturated rings. The average molecular weight is 363 g/mol. The molecule has 112 valence electrons. The molecule has 1 aromatic carbocycles. The minimum atomic E-state index is -0.505. The maximum absolute atomic E-state index is 12.2.